The van der Waals surface area contributed by atoms with Crippen LogP contribution in [-0.4, -0.2) is 11.0 Å². The molecule has 0 aromatic heterocycles. The Hall–Kier alpha value is -3.48. The molecule has 0 aliphatic carbocycles. The van der Waals surface area contributed by atoms with Crippen LogP contribution in [0.1, 0.15) is 48.6 Å². The average molecular weight is 562 g/mol. The molecule has 0 spiro atoms. The summed E-state index contributed by atoms with van der Waals surface area (Å²) in [6, 6.07) is 31.8. The highest BCUT2D eigenvalue weighted by Crippen LogP contribution is 2.43. The summed E-state index contributed by atoms with van der Waals surface area (Å²) in [5, 5.41) is 9.30. The molecule has 1 heterocycles. The number of anilines is 1. The lowest BCUT2D eigenvalue weighted by Gasteiger charge is -2.41. The van der Waals surface area contributed by atoms with Crippen molar-refractivity contribution in [2.75, 3.05) is 4.90 Å². The van der Waals surface area contributed by atoms with Crippen LogP contribution in [-0.2, 0) is 11.4 Å². The van der Waals surface area contributed by atoms with Crippen molar-refractivity contribution >= 4 is 27.5 Å². The van der Waals surface area contributed by atoms with Crippen molar-refractivity contribution in [2.24, 2.45) is 0 Å². The smallest absolute Gasteiger partial charge is 0.230 e. The van der Waals surface area contributed by atoms with Gasteiger partial charge in [-0.3, -0.25) is 4.79 Å². The van der Waals surface area contributed by atoms with E-state index in [1.807, 2.05) is 90.7 Å². The Balaban J connectivity index is 0.000000245. The lowest BCUT2D eigenvalue weighted by atomic mass is 9.92. The Morgan fingerprint density at radius 1 is 0.973 bits per heavy atom. The highest BCUT2D eigenvalue weighted by Gasteiger charge is 2.39. The number of aliphatic hydroxyl groups is 1. The number of hydrogen-bond acceptors (Lipinski definition) is 3. The van der Waals surface area contributed by atoms with Crippen LogP contribution in [0.25, 0.3) is 0 Å². The molecular weight excluding hydrogens is 533 g/mol. The van der Waals surface area contributed by atoms with E-state index >= 15 is 0 Å². The molecule has 37 heavy (non-hydrogen) atoms. The second-order valence-corrected chi connectivity index (χ2v) is 9.67. The number of carbonyl (C=O) groups excluding carboxylic acids is 1. The number of aliphatic hydroxyl groups excluding tert-OH is 1. The van der Waals surface area contributed by atoms with Gasteiger partial charge in [0.05, 0.1) is 18.6 Å². The van der Waals surface area contributed by atoms with Crippen LogP contribution >= 0.6 is 15.9 Å². The molecule has 6 heteroatoms. The van der Waals surface area contributed by atoms with Crippen LogP contribution in [0, 0.1) is 5.82 Å². The van der Waals surface area contributed by atoms with Crippen molar-refractivity contribution in [3.63, 3.8) is 0 Å². The van der Waals surface area contributed by atoms with Gasteiger partial charge in [-0.15, -0.1) is 0 Å². The van der Waals surface area contributed by atoms with Crippen LogP contribution in [0.5, 0.6) is 5.75 Å². The normalized spacial score (nSPS) is 15.3. The SMILES string of the molecule is CCC(O)c1ccc(F)cc1.O=C1CC(c2ccc(Br)cc2OCc2ccccc2)N1c1ccccc1. The summed E-state index contributed by atoms with van der Waals surface area (Å²) in [6.07, 6.45) is 0.694. The first-order chi connectivity index (χ1) is 18.0. The van der Waals surface area contributed by atoms with Crippen molar-refractivity contribution in [1.29, 1.82) is 0 Å². The maximum Gasteiger partial charge on any atom is 0.230 e. The predicted molar refractivity (Wildman–Crippen MR) is 148 cm³/mol. The zero-order chi connectivity index (χ0) is 26.2. The van der Waals surface area contributed by atoms with Crippen molar-refractivity contribution in [3.8, 4) is 5.75 Å². The Kier molecular flexibility index (Phi) is 9.09. The van der Waals surface area contributed by atoms with Crippen LogP contribution in [0.4, 0.5) is 10.1 Å². The Bertz CT molecular complexity index is 1300. The molecule has 5 rings (SSSR count). The molecule has 1 fully saturated rings. The maximum atomic E-state index is 12.4. The lowest BCUT2D eigenvalue weighted by molar-refractivity contribution is -0.124. The molecule has 1 saturated heterocycles. The van der Waals surface area contributed by atoms with Crippen molar-refractivity contribution < 1.29 is 19.0 Å². The molecule has 0 bridgehead atoms. The second-order valence-electron chi connectivity index (χ2n) is 8.75. The van der Waals surface area contributed by atoms with Gasteiger partial charge >= 0.3 is 0 Å². The third-order valence-corrected chi connectivity index (χ3v) is 6.69. The van der Waals surface area contributed by atoms with E-state index in [0.29, 0.717) is 19.4 Å². The first kappa shape index (κ1) is 26.6. The number of rotatable bonds is 7. The van der Waals surface area contributed by atoms with E-state index < -0.39 is 6.10 Å². The van der Waals surface area contributed by atoms with Crippen LogP contribution < -0.4 is 9.64 Å². The number of hydrogen-bond donors (Lipinski definition) is 1. The van der Waals surface area contributed by atoms with E-state index in [-0.39, 0.29) is 17.8 Å². The number of β-lactam (4-membered cyclic amide) rings is 1. The molecule has 1 amide bonds. The van der Waals surface area contributed by atoms with Gasteiger partial charge in [-0.2, -0.15) is 0 Å². The summed E-state index contributed by atoms with van der Waals surface area (Å²) in [6.45, 7) is 2.38. The summed E-state index contributed by atoms with van der Waals surface area (Å²) in [4.78, 5) is 14.1. The van der Waals surface area contributed by atoms with E-state index in [1.165, 1.54) is 12.1 Å². The summed E-state index contributed by atoms with van der Waals surface area (Å²) in [5.41, 5.74) is 3.84. The molecule has 2 unspecified atom stereocenters. The van der Waals surface area contributed by atoms with E-state index in [9.17, 15) is 14.3 Å². The molecular formula is C31H29BrFNO3. The number of nitrogens with zero attached hydrogens (tertiary/aromatic N) is 1. The minimum Gasteiger partial charge on any atom is -0.489 e. The fraction of sp³-hybridized carbons (Fsp3) is 0.194. The monoisotopic (exact) mass is 561 g/mol. The van der Waals surface area contributed by atoms with Gasteiger partial charge in [0.1, 0.15) is 18.2 Å². The molecule has 0 radical (unpaired) electrons. The minimum absolute atomic E-state index is 0.00349. The molecule has 1 aliphatic heterocycles. The van der Waals surface area contributed by atoms with Crippen molar-refractivity contribution in [1.82, 2.24) is 0 Å². The van der Waals surface area contributed by atoms with Gasteiger partial charge in [0.25, 0.3) is 0 Å². The predicted octanol–water partition coefficient (Wildman–Crippen LogP) is 7.78. The first-order valence-electron chi connectivity index (χ1n) is 12.2. The highest BCUT2D eigenvalue weighted by atomic mass is 79.9. The van der Waals surface area contributed by atoms with E-state index in [2.05, 4.69) is 15.9 Å². The number of halogens is 2. The molecule has 2 atom stereocenters. The Morgan fingerprint density at radius 3 is 2.24 bits per heavy atom. The van der Waals surface area contributed by atoms with Crippen LogP contribution in [0.15, 0.2) is 108 Å². The summed E-state index contributed by atoms with van der Waals surface area (Å²) in [5.74, 6) is 0.678. The van der Waals surface area contributed by atoms with Gasteiger partial charge < -0.3 is 14.7 Å². The largest absolute Gasteiger partial charge is 0.489 e. The number of ether oxygens (including phenoxy) is 1. The van der Waals surface area contributed by atoms with Gasteiger partial charge in [-0.25, -0.2) is 4.39 Å². The minimum atomic E-state index is -0.462. The van der Waals surface area contributed by atoms with Crippen molar-refractivity contribution in [3.05, 3.63) is 130 Å². The van der Waals surface area contributed by atoms with Gasteiger partial charge in [-0.05, 0) is 53.9 Å². The maximum absolute atomic E-state index is 12.4. The summed E-state index contributed by atoms with van der Waals surface area (Å²) in [7, 11) is 0. The van der Waals surface area contributed by atoms with E-state index in [1.54, 1.807) is 12.1 Å². The molecule has 4 aromatic rings. The van der Waals surface area contributed by atoms with Gasteiger partial charge in [0, 0.05) is 15.7 Å². The third-order valence-electron chi connectivity index (χ3n) is 6.20. The highest BCUT2D eigenvalue weighted by molar-refractivity contribution is 9.10. The van der Waals surface area contributed by atoms with Gasteiger partial charge in [0.2, 0.25) is 5.91 Å². The zero-order valence-corrected chi connectivity index (χ0v) is 22.1. The van der Waals surface area contributed by atoms with E-state index in [4.69, 9.17) is 4.74 Å². The number of para-hydroxylation sites is 1. The number of carbonyl (C=O) groups is 1. The van der Waals surface area contributed by atoms with Gasteiger partial charge in [0.15, 0.2) is 0 Å². The fourth-order valence-electron chi connectivity index (χ4n) is 4.14. The molecule has 0 saturated carbocycles. The number of benzene rings is 4. The lowest BCUT2D eigenvalue weighted by Crippen LogP contribution is -2.46. The average Bonchev–Trinajstić information content (AvgIpc) is 2.92. The molecule has 4 aromatic carbocycles. The van der Waals surface area contributed by atoms with Crippen LogP contribution in [0.2, 0.25) is 0 Å². The second kappa shape index (κ2) is 12.7. The zero-order valence-electron chi connectivity index (χ0n) is 20.6. The van der Waals surface area contributed by atoms with Gasteiger partial charge in [-0.1, -0.05) is 89.6 Å². The van der Waals surface area contributed by atoms with Crippen LogP contribution in [0.3, 0.4) is 0 Å². The topological polar surface area (TPSA) is 49.8 Å². The standard InChI is InChI=1S/C22H18BrNO2.C9H11FO/c23-17-11-12-19(21(13-17)26-15-16-7-3-1-4-8-16)20-14-22(25)24(20)18-9-5-2-6-10-18;1-2-9(11)7-3-5-8(10)6-4-7/h1-13,20H,14-15H2;3-6,9,11H,2H2,1H3. The fourth-order valence-corrected chi connectivity index (χ4v) is 4.48. The Labute approximate surface area is 225 Å². The number of amides is 1. The van der Waals surface area contributed by atoms with Crippen molar-refractivity contribution in [2.45, 2.75) is 38.5 Å². The molecule has 190 valence electrons. The summed E-state index contributed by atoms with van der Waals surface area (Å²) < 4.78 is 19.4. The Morgan fingerprint density at radius 2 is 1.62 bits per heavy atom. The summed E-state index contributed by atoms with van der Waals surface area (Å²) >= 11 is 3.52. The third kappa shape index (κ3) is 6.85. The molecule has 1 aliphatic rings. The molecule has 1 N–H and O–H groups in total. The quantitative estimate of drug-likeness (QED) is 0.234. The van der Waals surface area contributed by atoms with E-state index in [0.717, 1.165) is 32.6 Å². The molecule has 4 nitrogen and oxygen atoms in total. The first-order valence-corrected chi connectivity index (χ1v) is 13.0.